The molecule has 1 aliphatic heterocycles. The van der Waals surface area contributed by atoms with Gasteiger partial charge in [0.05, 0.1) is 0 Å². The summed E-state index contributed by atoms with van der Waals surface area (Å²) >= 11 is 0. The normalized spacial score (nSPS) is 19.4. The monoisotopic (exact) mass is 300 g/mol. The molecule has 118 valence electrons. The summed E-state index contributed by atoms with van der Waals surface area (Å²) in [5.41, 5.74) is 0.996. The van der Waals surface area contributed by atoms with E-state index in [4.69, 9.17) is 0 Å². The van der Waals surface area contributed by atoms with Crippen molar-refractivity contribution in [2.45, 2.75) is 39.3 Å². The van der Waals surface area contributed by atoms with E-state index >= 15 is 0 Å². The molecule has 1 saturated heterocycles. The van der Waals surface area contributed by atoms with Crippen LogP contribution in [0.2, 0.25) is 0 Å². The highest BCUT2D eigenvalue weighted by molar-refractivity contribution is 5.92. The molecule has 0 aromatic heterocycles. The Morgan fingerprint density at radius 2 is 2.09 bits per heavy atom. The Labute approximate surface area is 132 Å². The minimum atomic E-state index is -0.172. The van der Waals surface area contributed by atoms with Gasteiger partial charge in [-0.1, -0.05) is 44.2 Å². The Bertz CT molecular complexity index is 539. The van der Waals surface area contributed by atoms with Gasteiger partial charge in [0.25, 0.3) is 0 Å². The van der Waals surface area contributed by atoms with Crippen molar-refractivity contribution in [1.29, 1.82) is 0 Å². The number of benzene rings is 1. The van der Waals surface area contributed by atoms with Gasteiger partial charge in [0.1, 0.15) is 6.17 Å². The van der Waals surface area contributed by atoms with Crippen molar-refractivity contribution < 1.29 is 9.59 Å². The Morgan fingerprint density at radius 3 is 2.77 bits per heavy atom. The van der Waals surface area contributed by atoms with Gasteiger partial charge in [-0.2, -0.15) is 0 Å². The standard InChI is InChI=1S/C18H24N2O2/c1-3-14(2)18(22)19-16-10-7-13-20(16)17(21)12-11-15-8-5-4-6-9-15/h4-6,8-9,11-12,14,16H,3,7,10,13H2,1-2H3,(H,19,22)/b12-11+/t14-,16+/m0/s1. The topological polar surface area (TPSA) is 49.4 Å². The minimum Gasteiger partial charge on any atom is -0.336 e. The molecule has 1 fully saturated rings. The third-order valence-corrected chi connectivity index (χ3v) is 4.12. The number of likely N-dealkylation sites (tertiary alicyclic amines) is 1. The van der Waals surface area contributed by atoms with Crippen LogP contribution in [0.5, 0.6) is 0 Å². The predicted octanol–water partition coefficient (Wildman–Crippen LogP) is 2.81. The smallest absolute Gasteiger partial charge is 0.248 e. The van der Waals surface area contributed by atoms with E-state index < -0.39 is 0 Å². The highest BCUT2D eigenvalue weighted by Gasteiger charge is 2.29. The summed E-state index contributed by atoms with van der Waals surface area (Å²) in [6.07, 6.45) is 5.79. The van der Waals surface area contributed by atoms with E-state index in [1.165, 1.54) is 0 Å². The van der Waals surface area contributed by atoms with Crippen LogP contribution in [0.3, 0.4) is 0 Å². The molecule has 22 heavy (non-hydrogen) atoms. The third kappa shape index (κ3) is 4.20. The highest BCUT2D eigenvalue weighted by Crippen LogP contribution is 2.17. The van der Waals surface area contributed by atoms with E-state index in [1.54, 1.807) is 11.0 Å². The molecule has 4 nitrogen and oxygen atoms in total. The molecule has 2 rings (SSSR count). The highest BCUT2D eigenvalue weighted by atomic mass is 16.2. The molecule has 1 aliphatic rings. The lowest BCUT2D eigenvalue weighted by molar-refractivity contribution is -0.131. The SMILES string of the molecule is CC[C@H](C)C(=O)N[C@H]1CCCN1C(=O)/C=C/c1ccccc1. The molecular weight excluding hydrogens is 276 g/mol. The van der Waals surface area contributed by atoms with Crippen molar-refractivity contribution in [3.05, 3.63) is 42.0 Å². The molecule has 0 spiro atoms. The molecule has 2 amide bonds. The van der Waals surface area contributed by atoms with E-state index in [0.717, 1.165) is 24.8 Å². The Balaban J connectivity index is 1.96. The van der Waals surface area contributed by atoms with Gasteiger partial charge in [-0.3, -0.25) is 9.59 Å². The van der Waals surface area contributed by atoms with Crippen LogP contribution in [0.25, 0.3) is 6.08 Å². The number of carbonyl (C=O) groups is 2. The van der Waals surface area contributed by atoms with Gasteiger partial charge in [-0.05, 0) is 30.9 Å². The lowest BCUT2D eigenvalue weighted by Crippen LogP contribution is -2.47. The van der Waals surface area contributed by atoms with Crippen molar-refractivity contribution in [2.75, 3.05) is 6.54 Å². The van der Waals surface area contributed by atoms with Gasteiger partial charge in [0.15, 0.2) is 0 Å². The molecule has 1 N–H and O–H groups in total. The zero-order chi connectivity index (χ0) is 15.9. The van der Waals surface area contributed by atoms with Crippen molar-refractivity contribution in [3.63, 3.8) is 0 Å². The first-order valence-corrected chi connectivity index (χ1v) is 7.96. The summed E-state index contributed by atoms with van der Waals surface area (Å²) in [4.78, 5) is 26.1. The molecule has 0 unspecified atom stereocenters. The molecule has 1 aromatic rings. The molecule has 0 radical (unpaired) electrons. The molecule has 1 aromatic carbocycles. The van der Waals surface area contributed by atoms with E-state index in [0.29, 0.717) is 6.54 Å². The van der Waals surface area contributed by atoms with Gasteiger partial charge in [0, 0.05) is 18.5 Å². The quantitative estimate of drug-likeness (QED) is 0.850. The second-order valence-electron chi connectivity index (χ2n) is 5.75. The average molecular weight is 300 g/mol. The Morgan fingerprint density at radius 1 is 1.36 bits per heavy atom. The van der Waals surface area contributed by atoms with E-state index in [2.05, 4.69) is 5.32 Å². The molecular formula is C18H24N2O2. The van der Waals surface area contributed by atoms with Crippen LogP contribution in [-0.2, 0) is 9.59 Å². The Hall–Kier alpha value is -2.10. The van der Waals surface area contributed by atoms with Gasteiger partial charge in [-0.15, -0.1) is 0 Å². The maximum atomic E-state index is 12.3. The van der Waals surface area contributed by atoms with Gasteiger partial charge >= 0.3 is 0 Å². The number of nitrogens with zero attached hydrogens (tertiary/aromatic N) is 1. The molecule has 0 saturated carbocycles. The summed E-state index contributed by atoms with van der Waals surface area (Å²) in [6, 6.07) is 9.73. The van der Waals surface area contributed by atoms with Crippen LogP contribution in [0.4, 0.5) is 0 Å². The maximum absolute atomic E-state index is 12.3. The first-order valence-electron chi connectivity index (χ1n) is 7.96. The Kier molecular flexibility index (Phi) is 5.75. The van der Waals surface area contributed by atoms with Crippen molar-refractivity contribution in [2.24, 2.45) is 5.92 Å². The van der Waals surface area contributed by atoms with E-state index in [9.17, 15) is 9.59 Å². The van der Waals surface area contributed by atoms with Crippen LogP contribution in [0, 0.1) is 5.92 Å². The second-order valence-corrected chi connectivity index (χ2v) is 5.75. The van der Waals surface area contributed by atoms with Gasteiger partial charge < -0.3 is 10.2 Å². The summed E-state index contributed by atoms with van der Waals surface area (Å²) in [5.74, 6) is -0.0348. The van der Waals surface area contributed by atoms with Crippen LogP contribution in [-0.4, -0.2) is 29.4 Å². The van der Waals surface area contributed by atoms with Gasteiger partial charge in [0.2, 0.25) is 11.8 Å². The van der Waals surface area contributed by atoms with Crippen molar-refractivity contribution in [1.82, 2.24) is 10.2 Å². The first kappa shape index (κ1) is 16.3. The fourth-order valence-corrected chi connectivity index (χ4v) is 2.50. The number of hydrogen-bond donors (Lipinski definition) is 1. The average Bonchev–Trinajstić information content (AvgIpc) is 3.00. The zero-order valence-electron chi connectivity index (χ0n) is 13.3. The molecule has 2 atom stereocenters. The largest absolute Gasteiger partial charge is 0.336 e. The maximum Gasteiger partial charge on any atom is 0.248 e. The number of rotatable bonds is 5. The molecule has 0 bridgehead atoms. The van der Waals surface area contributed by atoms with E-state index in [-0.39, 0.29) is 23.9 Å². The fraction of sp³-hybridized carbons (Fsp3) is 0.444. The zero-order valence-corrected chi connectivity index (χ0v) is 13.3. The summed E-state index contributed by atoms with van der Waals surface area (Å²) in [5, 5.41) is 2.99. The summed E-state index contributed by atoms with van der Waals surface area (Å²) in [7, 11) is 0. The van der Waals surface area contributed by atoms with Crippen LogP contribution >= 0.6 is 0 Å². The fourth-order valence-electron chi connectivity index (χ4n) is 2.50. The second kappa shape index (κ2) is 7.78. The molecule has 0 aliphatic carbocycles. The van der Waals surface area contributed by atoms with E-state index in [1.807, 2.05) is 50.3 Å². The molecule has 4 heteroatoms. The summed E-state index contributed by atoms with van der Waals surface area (Å²) in [6.45, 7) is 4.60. The van der Waals surface area contributed by atoms with Crippen LogP contribution in [0.15, 0.2) is 36.4 Å². The van der Waals surface area contributed by atoms with Gasteiger partial charge in [-0.25, -0.2) is 0 Å². The third-order valence-electron chi connectivity index (χ3n) is 4.12. The van der Waals surface area contributed by atoms with Crippen LogP contribution < -0.4 is 5.32 Å². The number of carbonyl (C=O) groups excluding carboxylic acids is 2. The first-order chi connectivity index (χ1) is 10.6. The molecule has 1 heterocycles. The number of hydrogen-bond acceptors (Lipinski definition) is 2. The van der Waals surface area contributed by atoms with Crippen LogP contribution in [0.1, 0.15) is 38.7 Å². The minimum absolute atomic E-state index is 0.0163. The lowest BCUT2D eigenvalue weighted by Gasteiger charge is -2.25. The number of amides is 2. The predicted molar refractivity (Wildman–Crippen MR) is 87.8 cm³/mol. The number of nitrogens with one attached hydrogen (secondary N) is 1. The lowest BCUT2D eigenvalue weighted by atomic mass is 10.1. The summed E-state index contributed by atoms with van der Waals surface area (Å²) < 4.78 is 0. The van der Waals surface area contributed by atoms with Crippen molar-refractivity contribution in [3.8, 4) is 0 Å². The van der Waals surface area contributed by atoms with Crippen molar-refractivity contribution >= 4 is 17.9 Å².